The van der Waals surface area contributed by atoms with Gasteiger partial charge in [-0.15, -0.1) is 0 Å². The lowest BCUT2D eigenvalue weighted by Gasteiger charge is -2.38. The quantitative estimate of drug-likeness (QED) is 0.802. The average Bonchev–Trinajstić information content (AvgIpc) is 2.83. The van der Waals surface area contributed by atoms with Gasteiger partial charge in [0.1, 0.15) is 0 Å². The number of nitrogens with one attached hydrogen (secondary N) is 1. The molecule has 2 N–H and O–H groups in total. The largest absolute Gasteiger partial charge is 0.393 e. The standard InChI is InChI=1S/C21H29N3O2/c1-14-19(15(2)24(3)23-14)9-10-21(26)22-20(17-12-18(25)13-17)11-16-7-5-4-6-8-16/h4-8,17-18,20,25H,9-13H2,1-3H3,(H,22,26)/t17?,18?,20-/m0/s1. The van der Waals surface area contributed by atoms with Crippen LogP contribution in [0.1, 0.15) is 41.8 Å². The maximum atomic E-state index is 12.6. The molecule has 1 atom stereocenters. The molecule has 1 aliphatic rings. The Hall–Kier alpha value is -2.14. The number of aliphatic hydroxyl groups excluding tert-OH is 1. The maximum absolute atomic E-state index is 12.6. The Morgan fingerprint density at radius 3 is 2.58 bits per heavy atom. The highest BCUT2D eigenvalue weighted by molar-refractivity contribution is 5.76. The van der Waals surface area contributed by atoms with Crippen molar-refractivity contribution in [2.75, 3.05) is 0 Å². The van der Waals surface area contributed by atoms with Gasteiger partial charge in [0.2, 0.25) is 5.91 Å². The minimum absolute atomic E-state index is 0.0787. The molecule has 0 bridgehead atoms. The molecule has 1 aromatic carbocycles. The van der Waals surface area contributed by atoms with Gasteiger partial charge in [-0.25, -0.2) is 0 Å². The summed E-state index contributed by atoms with van der Waals surface area (Å²) in [4.78, 5) is 12.6. The lowest BCUT2D eigenvalue weighted by molar-refractivity contribution is -0.122. The summed E-state index contributed by atoms with van der Waals surface area (Å²) < 4.78 is 1.87. The molecule has 1 saturated carbocycles. The van der Waals surface area contributed by atoms with E-state index in [-0.39, 0.29) is 18.1 Å². The molecule has 5 heteroatoms. The Kier molecular flexibility index (Phi) is 5.77. The van der Waals surface area contributed by atoms with E-state index in [0.29, 0.717) is 18.8 Å². The van der Waals surface area contributed by atoms with E-state index in [2.05, 4.69) is 22.5 Å². The fourth-order valence-electron chi connectivity index (χ4n) is 3.86. The molecule has 1 aliphatic carbocycles. The number of nitrogens with zero attached hydrogens (tertiary/aromatic N) is 2. The van der Waals surface area contributed by atoms with Gasteiger partial charge in [-0.05, 0) is 56.6 Å². The Bertz CT molecular complexity index is 748. The summed E-state index contributed by atoms with van der Waals surface area (Å²) >= 11 is 0. The summed E-state index contributed by atoms with van der Waals surface area (Å²) in [6, 6.07) is 10.3. The first-order valence-corrected chi connectivity index (χ1v) is 9.44. The molecule has 26 heavy (non-hydrogen) atoms. The number of hydrogen-bond acceptors (Lipinski definition) is 3. The predicted molar refractivity (Wildman–Crippen MR) is 102 cm³/mol. The van der Waals surface area contributed by atoms with Crippen LogP contribution in [-0.4, -0.2) is 32.9 Å². The minimum atomic E-state index is -0.212. The molecule has 1 aromatic heterocycles. The smallest absolute Gasteiger partial charge is 0.220 e. The number of hydrogen-bond donors (Lipinski definition) is 2. The lowest BCUT2D eigenvalue weighted by atomic mass is 9.75. The number of rotatable bonds is 7. The zero-order chi connectivity index (χ0) is 18.7. The van der Waals surface area contributed by atoms with Gasteiger partial charge in [0.15, 0.2) is 0 Å². The van der Waals surface area contributed by atoms with Crippen LogP contribution in [0.25, 0.3) is 0 Å². The molecule has 5 nitrogen and oxygen atoms in total. The molecular formula is C21H29N3O2. The topological polar surface area (TPSA) is 67.2 Å². The van der Waals surface area contributed by atoms with Crippen molar-refractivity contribution < 1.29 is 9.90 Å². The number of carbonyl (C=O) groups excluding carboxylic acids is 1. The first kappa shape index (κ1) is 18.6. The fraction of sp³-hybridized carbons (Fsp3) is 0.524. The minimum Gasteiger partial charge on any atom is -0.393 e. The summed E-state index contributed by atoms with van der Waals surface area (Å²) in [6.07, 6.45) is 3.33. The highest BCUT2D eigenvalue weighted by atomic mass is 16.3. The van der Waals surface area contributed by atoms with E-state index in [4.69, 9.17) is 0 Å². The third-order valence-corrected chi connectivity index (χ3v) is 5.62. The van der Waals surface area contributed by atoms with E-state index in [9.17, 15) is 9.90 Å². The number of amides is 1. The molecular weight excluding hydrogens is 326 g/mol. The molecule has 3 rings (SSSR count). The highest BCUT2D eigenvalue weighted by Gasteiger charge is 2.34. The molecule has 1 amide bonds. The summed E-state index contributed by atoms with van der Waals surface area (Å²) in [7, 11) is 1.93. The summed E-state index contributed by atoms with van der Waals surface area (Å²) in [5, 5.41) is 17.3. The van der Waals surface area contributed by atoms with Gasteiger partial charge in [-0.2, -0.15) is 5.10 Å². The second-order valence-electron chi connectivity index (χ2n) is 7.52. The van der Waals surface area contributed by atoms with Crippen molar-refractivity contribution in [3.8, 4) is 0 Å². The van der Waals surface area contributed by atoms with Crippen LogP contribution in [-0.2, 0) is 24.7 Å². The van der Waals surface area contributed by atoms with Gasteiger partial charge in [0.25, 0.3) is 0 Å². The monoisotopic (exact) mass is 355 g/mol. The number of aromatic nitrogens is 2. The predicted octanol–water partition coefficient (Wildman–Crippen LogP) is 2.47. The van der Waals surface area contributed by atoms with Crippen molar-refractivity contribution in [1.29, 1.82) is 0 Å². The van der Waals surface area contributed by atoms with Crippen LogP contribution < -0.4 is 5.32 Å². The molecule has 0 unspecified atom stereocenters. The molecule has 0 saturated heterocycles. The summed E-state index contributed by atoms with van der Waals surface area (Å²) in [5.41, 5.74) is 4.51. The van der Waals surface area contributed by atoms with E-state index in [0.717, 1.165) is 30.7 Å². The van der Waals surface area contributed by atoms with Gasteiger partial charge in [0, 0.05) is 25.2 Å². The number of aliphatic hydroxyl groups is 1. The molecule has 0 aliphatic heterocycles. The van der Waals surface area contributed by atoms with E-state index in [1.807, 2.05) is 43.8 Å². The van der Waals surface area contributed by atoms with E-state index >= 15 is 0 Å². The molecule has 1 fully saturated rings. The van der Waals surface area contributed by atoms with E-state index in [1.54, 1.807) is 0 Å². The lowest BCUT2D eigenvalue weighted by Crippen LogP contribution is -2.48. The normalized spacial score (nSPS) is 20.5. The van der Waals surface area contributed by atoms with Crippen molar-refractivity contribution in [3.63, 3.8) is 0 Å². The van der Waals surface area contributed by atoms with Gasteiger partial charge in [-0.1, -0.05) is 30.3 Å². The Labute approximate surface area is 155 Å². The zero-order valence-electron chi connectivity index (χ0n) is 15.9. The number of aryl methyl sites for hydroxylation is 2. The highest BCUT2D eigenvalue weighted by Crippen LogP contribution is 2.31. The Morgan fingerprint density at radius 2 is 2.00 bits per heavy atom. The van der Waals surface area contributed by atoms with E-state index in [1.165, 1.54) is 11.1 Å². The molecule has 0 spiro atoms. The molecule has 140 valence electrons. The van der Waals surface area contributed by atoms with Crippen LogP contribution in [0.5, 0.6) is 0 Å². The van der Waals surface area contributed by atoms with Crippen LogP contribution in [0.3, 0.4) is 0 Å². The number of benzene rings is 1. The van der Waals surface area contributed by atoms with Crippen LogP contribution in [0.2, 0.25) is 0 Å². The SMILES string of the molecule is Cc1nn(C)c(C)c1CCC(=O)N[C@@H](Cc1ccccc1)C1CC(O)C1. The average molecular weight is 355 g/mol. The maximum Gasteiger partial charge on any atom is 0.220 e. The van der Waals surface area contributed by atoms with Gasteiger partial charge in [0.05, 0.1) is 11.8 Å². The van der Waals surface area contributed by atoms with Crippen molar-refractivity contribution in [2.24, 2.45) is 13.0 Å². The van der Waals surface area contributed by atoms with Crippen LogP contribution in [0.4, 0.5) is 0 Å². The van der Waals surface area contributed by atoms with Gasteiger partial charge >= 0.3 is 0 Å². The third kappa shape index (κ3) is 4.33. The van der Waals surface area contributed by atoms with Crippen molar-refractivity contribution in [3.05, 3.63) is 52.8 Å². The van der Waals surface area contributed by atoms with Gasteiger partial charge < -0.3 is 10.4 Å². The molecule has 0 radical (unpaired) electrons. The zero-order valence-corrected chi connectivity index (χ0v) is 15.9. The van der Waals surface area contributed by atoms with Crippen LogP contribution >= 0.6 is 0 Å². The van der Waals surface area contributed by atoms with E-state index < -0.39 is 0 Å². The first-order chi connectivity index (χ1) is 12.4. The van der Waals surface area contributed by atoms with Crippen molar-refractivity contribution >= 4 is 5.91 Å². The summed E-state index contributed by atoms with van der Waals surface area (Å²) in [6.45, 7) is 4.04. The molecule has 1 heterocycles. The Balaban J connectivity index is 1.59. The van der Waals surface area contributed by atoms with Gasteiger partial charge in [-0.3, -0.25) is 9.48 Å². The number of carbonyl (C=O) groups is 1. The summed E-state index contributed by atoms with van der Waals surface area (Å²) in [5.74, 6) is 0.436. The van der Waals surface area contributed by atoms with Crippen LogP contribution in [0.15, 0.2) is 30.3 Å². The Morgan fingerprint density at radius 1 is 1.31 bits per heavy atom. The molecule has 2 aromatic rings. The van der Waals surface area contributed by atoms with Crippen LogP contribution in [0, 0.1) is 19.8 Å². The fourth-order valence-corrected chi connectivity index (χ4v) is 3.86. The second kappa shape index (κ2) is 8.04. The first-order valence-electron chi connectivity index (χ1n) is 9.44. The van der Waals surface area contributed by atoms with Crippen molar-refractivity contribution in [1.82, 2.24) is 15.1 Å². The van der Waals surface area contributed by atoms with Crippen molar-refractivity contribution in [2.45, 2.75) is 58.1 Å². The third-order valence-electron chi connectivity index (χ3n) is 5.62. The second-order valence-corrected chi connectivity index (χ2v) is 7.52.